The molecular formula is C47H61N5O8. The van der Waals surface area contributed by atoms with Crippen LogP contribution in [0.15, 0.2) is 48.6 Å². The number of aliphatic hydroxyl groups is 1. The van der Waals surface area contributed by atoms with E-state index in [1.807, 2.05) is 31.0 Å². The molecule has 1 spiro atoms. The van der Waals surface area contributed by atoms with Crippen LogP contribution in [-0.2, 0) is 45.8 Å². The zero-order chi connectivity index (χ0) is 42.6. The Morgan fingerprint density at radius 2 is 1.75 bits per heavy atom. The topological polar surface area (TPSA) is 146 Å². The minimum atomic E-state index is -2.28. The zero-order valence-corrected chi connectivity index (χ0v) is 36.4. The number of nitrogens with one attached hydrogen (secondary N) is 2. The van der Waals surface area contributed by atoms with E-state index < -0.39 is 45.9 Å². The molecule has 5 aliphatic heterocycles. The van der Waals surface area contributed by atoms with E-state index in [-0.39, 0.29) is 23.5 Å². The first-order valence-corrected chi connectivity index (χ1v) is 21.7. The highest BCUT2D eigenvalue weighted by atomic mass is 16.6. The van der Waals surface area contributed by atoms with E-state index in [0.29, 0.717) is 43.7 Å². The maximum Gasteiger partial charge on any atom is 0.344 e. The minimum Gasteiger partial charge on any atom is -0.496 e. The van der Waals surface area contributed by atoms with Crippen molar-refractivity contribution in [2.45, 2.75) is 99.5 Å². The highest BCUT2D eigenvalue weighted by Gasteiger charge is 2.80. The Hall–Kier alpha value is -4.43. The van der Waals surface area contributed by atoms with Crippen molar-refractivity contribution in [3.8, 4) is 5.75 Å². The van der Waals surface area contributed by atoms with Crippen molar-refractivity contribution in [3.63, 3.8) is 0 Å². The van der Waals surface area contributed by atoms with Crippen LogP contribution < -0.4 is 15.0 Å². The van der Waals surface area contributed by atoms with Crippen molar-refractivity contribution >= 4 is 34.5 Å². The number of H-pyrrole nitrogens is 1. The van der Waals surface area contributed by atoms with Crippen LogP contribution in [0.2, 0.25) is 0 Å². The van der Waals surface area contributed by atoms with Crippen LogP contribution in [0.25, 0.3) is 10.9 Å². The standard InChI is InChI=1S/C47H61N5O8/c1-9-43(48-4)24-29-25-46(41(54)58-7,37-31(16-20-51(26-29)27-43)30-14-11-12-15-34(30)49-37)33-22-32-35(23-36(33)57-6)50(5)39-45(32)18-21-52-19-13-17-44(10-2,38(45)52)40(60-28(3)53)47(39,56)42(55)59-8/h11-15,17,22-23,29,38-40,48-49,56H,9-10,16,18-21,24-27H2,1-8H3/t29-,38+,39-,40-,43+,44-,45-,46+,47+/m1/s1. The van der Waals surface area contributed by atoms with Gasteiger partial charge in [-0.15, -0.1) is 0 Å². The second-order valence-corrected chi connectivity index (χ2v) is 18.5. The summed E-state index contributed by atoms with van der Waals surface area (Å²) in [6.07, 6.45) is 6.97. The molecule has 1 aromatic heterocycles. The summed E-state index contributed by atoms with van der Waals surface area (Å²) >= 11 is 0. The fraction of sp³-hybridized carbons (Fsp3) is 0.596. The average molecular weight is 824 g/mol. The fourth-order valence-corrected chi connectivity index (χ4v) is 13.9. The smallest absolute Gasteiger partial charge is 0.344 e. The monoisotopic (exact) mass is 823 g/mol. The van der Waals surface area contributed by atoms with Gasteiger partial charge in [-0.1, -0.05) is 44.2 Å². The molecule has 322 valence electrons. The van der Waals surface area contributed by atoms with Crippen molar-refractivity contribution in [1.82, 2.24) is 20.1 Å². The predicted octanol–water partition coefficient (Wildman–Crippen LogP) is 4.22. The third-order valence-corrected chi connectivity index (χ3v) is 16.2. The number of ether oxygens (including phenoxy) is 4. The van der Waals surface area contributed by atoms with Gasteiger partial charge in [0.2, 0.25) is 5.60 Å². The Morgan fingerprint density at radius 1 is 0.983 bits per heavy atom. The molecule has 2 saturated heterocycles. The van der Waals surface area contributed by atoms with Gasteiger partial charge in [0.15, 0.2) is 6.10 Å². The minimum absolute atomic E-state index is 0.0935. The van der Waals surface area contributed by atoms with E-state index in [4.69, 9.17) is 18.9 Å². The molecule has 60 heavy (non-hydrogen) atoms. The third kappa shape index (κ3) is 5.21. The Balaban J connectivity index is 1.36. The molecule has 3 N–H and O–H groups in total. The predicted molar refractivity (Wildman–Crippen MR) is 227 cm³/mol. The summed E-state index contributed by atoms with van der Waals surface area (Å²) in [5, 5.41) is 18.1. The van der Waals surface area contributed by atoms with Crippen LogP contribution in [0, 0.1) is 11.3 Å². The molecule has 13 heteroatoms. The van der Waals surface area contributed by atoms with E-state index in [2.05, 4.69) is 70.5 Å². The van der Waals surface area contributed by atoms with Gasteiger partial charge in [-0.3, -0.25) is 14.5 Å². The summed E-state index contributed by atoms with van der Waals surface area (Å²) < 4.78 is 24.1. The first-order valence-electron chi connectivity index (χ1n) is 21.7. The van der Waals surface area contributed by atoms with Crippen LogP contribution in [0.1, 0.15) is 75.3 Å². The number of piperidine rings is 1. The van der Waals surface area contributed by atoms with Gasteiger partial charge in [0.25, 0.3) is 0 Å². The largest absolute Gasteiger partial charge is 0.496 e. The zero-order valence-electron chi connectivity index (χ0n) is 36.4. The normalized spacial score (nSPS) is 36.5. The number of hydrogen-bond donors (Lipinski definition) is 3. The van der Waals surface area contributed by atoms with Crippen LogP contribution in [-0.4, -0.2) is 135 Å². The van der Waals surface area contributed by atoms with Crippen molar-refractivity contribution in [2.75, 3.05) is 73.0 Å². The number of likely N-dealkylation sites (N-methyl/N-ethyl adjacent to an activating group) is 2. The van der Waals surface area contributed by atoms with Crippen molar-refractivity contribution < 1.29 is 38.4 Å². The van der Waals surface area contributed by atoms with E-state index in [1.54, 1.807) is 7.11 Å². The van der Waals surface area contributed by atoms with Crippen molar-refractivity contribution in [2.24, 2.45) is 11.3 Å². The van der Waals surface area contributed by atoms with Crippen LogP contribution in [0.4, 0.5) is 5.69 Å². The molecule has 0 radical (unpaired) electrons. The first kappa shape index (κ1) is 40.9. The van der Waals surface area contributed by atoms with E-state index >= 15 is 4.79 Å². The number of hydrogen-bond acceptors (Lipinski definition) is 12. The van der Waals surface area contributed by atoms with E-state index in [0.717, 1.165) is 72.3 Å². The number of nitrogens with zero attached hydrogens (tertiary/aromatic N) is 3. The SMILES string of the molecule is CC[C@]1(NC)C[C@H]2CN(CCc3c([nH]c4ccccc34)[C@@](C(=O)OC)(c3cc4c(cc3OC)N(C)[C@H]3[C@@](O)(C(=O)OC)[C@H](OC(C)=O)[C@]5(CC)C=CCN6CC[C@]43[C@@H]65)C2)C1. The summed E-state index contributed by atoms with van der Waals surface area (Å²) in [6, 6.07) is 11.2. The number of carbonyl (C=O) groups is 3. The van der Waals surface area contributed by atoms with Gasteiger partial charge >= 0.3 is 17.9 Å². The number of esters is 3. The van der Waals surface area contributed by atoms with E-state index in [9.17, 15) is 14.7 Å². The number of aromatic nitrogens is 1. The Bertz CT molecular complexity index is 2270. The molecule has 2 bridgehead atoms. The number of rotatable bonds is 8. The van der Waals surface area contributed by atoms with Gasteiger partial charge in [-0.25, -0.2) is 4.79 Å². The number of carbonyl (C=O) groups excluding carboxylic acids is 3. The highest BCUT2D eigenvalue weighted by molar-refractivity contribution is 5.95. The van der Waals surface area contributed by atoms with Gasteiger partial charge in [-0.05, 0) is 81.3 Å². The number of para-hydroxylation sites is 1. The number of benzene rings is 2. The average Bonchev–Trinajstić information content (AvgIpc) is 3.92. The van der Waals surface area contributed by atoms with Gasteiger partial charge in [0.1, 0.15) is 11.2 Å². The van der Waals surface area contributed by atoms with Crippen LogP contribution in [0.3, 0.4) is 0 Å². The molecule has 1 unspecified atom stereocenters. The van der Waals surface area contributed by atoms with Crippen LogP contribution in [0.5, 0.6) is 5.75 Å². The molecular weight excluding hydrogens is 763 g/mol. The number of fused-ring (bicyclic) bond motifs is 6. The molecule has 3 fully saturated rings. The summed E-state index contributed by atoms with van der Waals surface area (Å²) in [5.74, 6) is -1.22. The first-order chi connectivity index (χ1) is 28.8. The summed E-state index contributed by atoms with van der Waals surface area (Å²) in [6.45, 7) is 9.52. The van der Waals surface area contributed by atoms with Crippen LogP contribution >= 0.6 is 0 Å². The van der Waals surface area contributed by atoms with Crippen molar-refractivity contribution in [1.29, 1.82) is 0 Å². The quantitative estimate of drug-likeness (QED) is 0.170. The molecule has 3 aromatic rings. The molecule has 1 saturated carbocycles. The molecule has 2 aromatic carbocycles. The Kier molecular flexibility index (Phi) is 9.77. The lowest BCUT2D eigenvalue weighted by molar-refractivity contribution is -0.228. The summed E-state index contributed by atoms with van der Waals surface area (Å²) in [4.78, 5) is 53.7. The van der Waals surface area contributed by atoms with Gasteiger partial charge in [0, 0.05) is 96.5 Å². The molecule has 9 rings (SSSR count). The second kappa shape index (κ2) is 14.3. The lowest BCUT2D eigenvalue weighted by atomic mass is 9.47. The lowest BCUT2D eigenvalue weighted by Crippen LogP contribution is -2.81. The number of aromatic amines is 1. The highest BCUT2D eigenvalue weighted by Crippen LogP contribution is 2.68. The van der Waals surface area contributed by atoms with E-state index in [1.165, 1.54) is 21.1 Å². The molecule has 13 nitrogen and oxygen atoms in total. The summed E-state index contributed by atoms with van der Waals surface area (Å²) in [7, 11) is 8.32. The molecule has 0 amide bonds. The summed E-state index contributed by atoms with van der Waals surface area (Å²) in [5.41, 5.74) is -0.372. The molecule has 10 atom stereocenters. The van der Waals surface area contributed by atoms with Crippen molar-refractivity contribution in [3.05, 3.63) is 70.9 Å². The maximum atomic E-state index is 15.4. The maximum absolute atomic E-state index is 15.4. The Morgan fingerprint density at radius 3 is 2.43 bits per heavy atom. The lowest BCUT2D eigenvalue weighted by Gasteiger charge is -2.63. The molecule has 1 aliphatic carbocycles. The fourth-order valence-electron chi connectivity index (χ4n) is 13.9. The molecule has 6 aliphatic rings. The number of anilines is 1. The Labute approximate surface area is 352 Å². The van der Waals surface area contributed by atoms with Gasteiger partial charge in [0.05, 0.1) is 27.4 Å². The van der Waals surface area contributed by atoms with Gasteiger partial charge < -0.3 is 44.2 Å². The third-order valence-electron chi connectivity index (χ3n) is 16.2. The van der Waals surface area contributed by atoms with Gasteiger partial charge in [-0.2, -0.15) is 0 Å². The molecule has 6 heterocycles. The number of methoxy groups -OCH3 is 3. The second-order valence-electron chi connectivity index (χ2n) is 18.5.